The Labute approximate surface area is 160 Å². The number of fused-ring (bicyclic) bond motifs is 1. The van der Waals surface area contributed by atoms with E-state index in [1.54, 1.807) is 12.4 Å². The molecule has 0 bridgehead atoms. The Hall–Kier alpha value is -1.99. The van der Waals surface area contributed by atoms with Crippen LogP contribution in [0.2, 0.25) is 0 Å². The third-order valence-electron chi connectivity index (χ3n) is 5.63. The first-order valence-corrected chi connectivity index (χ1v) is 9.78. The summed E-state index contributed by atoms with van der Waals surface area (Å²) >= 11 is 0. The number of rotatable bonds is 7. The minimum Gasteiger partial charge on any atom is -0.391 e. The molecule has 7 nitrogen and oxygen atoms in total. The van der Waals surface area contributed by atoms with Gasteiger partial charge >= 0.3 is 0 Å². The zero-order chi connectivity index (χ0) is 19.2. The second-order valence-electron chi connectivity index (χ2n) is 7.53. The standard InChI is InChI=1S/C20H29N3O4/c1-2-27-13-20(26)23-11-15-8-17(18(24)9-16(15)12-23)22-19(25)6-5-14-4-3-7-21-10-14/h3-4,7,10,15-18,24H,2,5-6,8-9,11-13H2,1H3,(H,22,25)/t15-,16+,17-,18-/m0/s1. The molecule has 1 aliphatic carbocycles. The van der Waals surface area contributed by atoms with Crippen molar-refractivity contribution in [3.05, 3.63) is 30.1 Å². The number of nitrogens with zero attached hydrogens (tertiary/aromatic N) is 2. The fourth-order valence-corrected chi connectivity index (χ4v) is 4.15. The highest BCUT2D eigenvalue weighted by Gasteiger charge is 2.43. The van der Waals surface area contributed by atoms with Gasteiger partial charge < -0.3 is 20.1 Å². The molecule has 0 aromatic carbocycles. The maximum Gasteiger partial charge on any atom is 0.248 e. The number of aryl methyl sites for hydroxylation is 1. The quantitative estimate of drug-likeness (QED) is 0.734. The number of nitrogens with one attached hydrogen (secondary N) is 1. The van der Waals surface area contributed by atoms with Crippen LogP contribution in [-0.4, -0.2) is 65.3 Å². The molecule has 4 atom stereocenters. The van der Waals surface area contributed by atoms with Crippen molar-refractivity contribution in [3.63, 3.8) is 0 Å². The predicted molar refractivity (Wildman–Crippen MR) is 99.8 cm³/mol. The molecule has 0 radical (unpaired) electrons. The highest BCUT2D eigenvalue weighted by atomic mass is 16.5. The molecule has 1 aromatic heterocycles. The summed E-state index contributed by atoms with van der Waals surface area (Å²) in [7, 11) is 0. The third kappa shape index (κ3) is 5.26. The number of hydrogen-bond donors (Lipinski definition) is 2. The molecule has 0 spiro atoms. The Balaban J connectivity index is 1.47. The van der Waals surface area contributed by atoms with E-state index in [-0.39, 0.29) is 24.5 Å². The Morgan fingerprint density at radius 3 is 2.81 bits per heavy atom. The minimum atomic E-state index is -0.560. The summed E-state index contributed by atoms with van der Waals surface area (Å²) in [6, 6.07) is 3.57. The van der Waals surface area contributed by atoms with Crippen LogP contribution in [0.1, 0.15) is 31.7 Å². The molecule has 1 aromatic rings. The van der Waals surface area contributed by atoms with Crippen LogP contribution in [0.4, 0.5) is 0 Å². The molecule has 2 amide bonds. The molecule has 1 aliphatic heterocycles. The van der Waals surface area contributed by atoms with Crippen LogP contribution in [-0.2, 0) is 20.7 Å². The van der Waals surface area contributed by atoms with E-state index in [0.29, 0.717) is 57.2 Å². The van der Waals surface area contributed by atoms with Gasteiger partial charge in [0.2, 0.25) is 11.8 Å². The monoisotopic (exact) mass is 375 g/mol. The van der Waals surface area contributed by atoms with Gasteiger partial charge in [-0.15, -0.1) is 0 Å². The van der Waals surface area contributed by atoms with Gasteiger partial charge in [0, 0.05) is 38.5 Å². The molecule has 2 fully saturated rings. The first-order chi connectivity index (χ1) is 13.1. The highest BCUT2D eigenvalue weighted by Crippen LogP contribution is 2.36. The summed E-state index contributed by atoms with van der Waals surface area (Å²) in [5, 5.41) is 13.5. The van der Waals surface area contributed by atoms with E-state index in [1.165, 1.54) is 0 Å². The normalized spacial score (nSPS) is 27.3. The number of ether oxygens (including phenoxy) is 1. The van der Waals surface area contributed by atoms with Crippen molar-refractivity contribution < 1.29 is 19.4 Å². The average molecular weight is 375 g/mol. The number of carbonyl (C=O) groups is 2. The van der Waals surface area contributed by atoms with Gasteiger partial charge in [-0.2, -0.15) is 0 Å². The predicted octanol–water partition coefficient (Wildman–Crippen LogP) is 0.765. The number of likely N-dealkylation sites (tertiary alicyclic amines) is 1. The summed E-state index contributed by atoms with van der Waals surface area (Å²) in [6.45, 7) is 3.88. The molecule has 2 aliphatic rings. The Morgan fingerprint density at radius 2 is 2.11 bits per heavy atom. The maximum atomic E-state index is 12.3. The van der Waals surface area contributed by atoms with Crippen LogP contribution >= 0.6 is 0 Å². The van der Waals surface area contributed by atoms with Gasteiger partial charge in [0.05, 0.1) is 12.1 Å². The van der Waals surface area contributed by atoms with E-state index >= 15 is 0 Å². The van der Waals surface area contributed by atoms with Crippen LogP contribution in [0.5, 0.6) is 0 Å². The Kier molecular flexibility index (Phi) is 6.79. The molecule has 27 heavy (non-hydrogen) atoms. The first kappa shape index (κ1) is 19.8. The van der Waals surface area contributed by atoms with E-state index in [0.717, 1.165) is 5.56 Å². The molecule has 148 valence electrons. The van der Waals surface area contributed by atoms with Gasteiger partial charge in [-0.05, 0) is 49.7 Å². The SMILES string of the molecule is CCOCC(=O)N1C[C@H]2C[C@H](O)[C@@H](NC(=O)CCc3cccnc3)C[C@H]2C1. The molecular weight excluding hydrogens is 346 g/mol. The van der Waals surface area contributed by atoms with Crippen molar-refractivity contribution in [1.29, 1.82) is 0 Å². The lowest BCUT2D eigenvalue weighted by Crippen LogP contribution is -2.49. The molecular formula is C20H29N3O4. The summed E-state index contributed by atoms with van der Waals surface area (Å²) in [5.41, 5.74) is 1.02. The lowest BCUT2D eigenvalue weighted by Gasteiger charge is -2.35. The molecule has 1 saturated heterocycles. The highest BCUT2D eigenvalue weighted by molar-refractivity contribution is 5.78. The summed E-state index contributed by atoms with van der Waals surface area (Å²) < 4.78 is 5.22. The zero-order valence-corrected chi connectivity index (χ0v) is 15.8. The van der Waals surface area contributed by atoms with E-state index in [1.807, 2.05) is 24.0 Å². The van der Waals surface area contributed by atoms with E-state index in [4.69, 9.17) is 4.74 Å². The summed E-state index contributed by atoms with van der Waals surface area (Å²) in [5.74, 6) is 0.582. The van der Waals surface area contributed by atoms with Crippen LogP contribution in [0.25, 0.3) is 0 Å². The van der Waals surface area contributed by atoms with Crippen molar-refractivity contribution >= 4 is 11.8 Å². The Bertz CT molecular complexity index is 639. The summed E-state index contributed by atoms with van der Waals surface area (Å²) in [6.07, 6.45) is 5.26. The van der Waals surface area contributed by atoms with Crippen molar-refractivity contribution in [1.82, 2.24) is 15.2 Å². The van der Waals surface area contributed by atoms with Crippen molar-refractivity contribution in [2.45, 2.75) is 44.8 Å². The Morgan fingerprint density at radius 1 is 1.33 bits per heavy atom. The lowest BCUT2D eigenvalue weighted by molar-refractivity contribution is -0.135. The van der Waals surface area contributed by atoms with Crippen LogP contribution in [0.3, 0.4) is 0 Å². The molecule has 2 heterocycles. The summed E-state index contributed by atoms with van der Waals surface area (Å²) in [4.78, 5) is 30.4. The van der Waals surface area contributed by atoms with Crippen LogP contribution < -0.4 is 5.32 Å². The van der Waals surface area contributed by atoms with Crippen molar-refractivity contribution in [2.75, 3.05) is 26.3 Å². The van der Waals surface area contributed by atoms with E-state index < -0.39 is 6.10 Å². The number of aliphatic hydroxyl groups excluding tert-OH is 1. The smallest absolute Gasteiger partial charge is 0.248 e. The largest absolute Gasteiger partial charge is 0.391 e. The molecule has 0 unspecified atom stereocenters. The van der Waals surface area contributed by atoms with Crippen molar-refractivity contribution in [3.8, 4) is 0 Å². The van der Waals surface area contributed by atoms with Crippen LogP contribution in [0.15, 0.2) is 24.5 Å². The van der Waals surface area contributed by atoms with Crippen LogP contribution in [0, 0.1) is 11.8 Å². The topological polar surface area (TPSA) is 91.8 Å². The molecule has 7 heteroatoms. The number of carbonyl (C=O) groups excluding carboxylic acids is 2. The van der Waals surface area contributed by atoms with E-state index in [9.17, 15) is 14.7 Å². The van der Waals surface area contributed by atoms with Gasteiger partial charge in [0.15, 0.2) is 0 Å². The molecule has 1 saturated carbocycles. The maximum absolute atomic E-state index is 12.3. The first-order valence-electron chi connectivity index (χ1n) is 9.78. The number of hydrogen-bond acceptors (Lipinski definition) is 5. The molecule has 2 N–H and O–H groups in total. The number of amides is 2. The van der Waals surface area contributed by atoms with Gasteiger partial charge in [0.1, 0.15) is 6.61 Å². The second-order valence-corrected chi connectivity index (χ2v) is 7.53. The third-order valence-corrected chi connectivity index (χ3v) is 5.63. The van der Waals surface area contributed by atoms with Gasteiger partial charge in [0.25, 0.3) is 0 Å². The van der Waals surface area contributed by atoms with Gasteiger partial charge in [-0.1, -0.05) is 6.07 Å². The van der Waals surface area contributed by atoms with Crippen molar-refractivity contribution in [2.24, 2.45) is 11.8 Å². The average Bonchev–Trinajstić information content (AvgIpc) is 3.08. The fraction of sp³-hybridized carbons (Fsp3) is 0.650. The minimum absolute atomic E-state index is 0.0118. The lowest BCUT2D eigenvalue weighted by atomic mass is 9.77. The second kappa shape index (κ2) is 9.28. The number of aliphatic hydroxyl groups is 1. The van der Waals surface area contributed by atoms with E-state index in [2.05, 4.69) is 10.3 Å². The van der Waals surface area contributed by atoms with Gasteiger partial charge in [-0.3, -0.25) is 14.6 Å². The fourth-order valence-electron chi connectivity index (χ4n) is 4.15. The number of pyridine rings is 1. The van der Waals surface area contributed by atoms with Gasteiger partial charge in [-0.25, -0.2) is 0 Å². The molecule has 3 rings (SSSR count). The zero-order valence-electron chi connectivity index (χ0n) is 15.8. The number of aromatic nitrogens is 1.